The molecule has 0 bridgehead atoms. The lowest BCUT2D eigenvalue weighted by atomic mass is 10.0. The third kappa shape index (κ3) is 9.49. The number of hydrogen-bond acceptors (Lipinski definition) is 12. The highest BCUT2D eigenvalue weighted by Crippen LogP contribution is 2.33. The van der Waals surface area contributed by atoms with E-state index in [1.54, 1.807) is 31.2 Å². The van der Waals surface area contributed by atoms with Crippen molar-refractivity contribution in [2.24, 2.45) is 5.73 Å². The van der Waals surface area contributed by atoms with E-state index in [1.165, 1.54) is 30.5 Å². The average molecular weight is 879 g/mol. The van der Waals surface area contributed by atoms with E-state index in [1.807, 2.05) is 0 Å². The Kier molecular flexibility index (Phi) is 13.1. The van der Waals surface area contributed by atoms with Crippen molar-refractivity contribution in [3.63, 3.8) is 0 Å². The molecule has 4 aromatic rings. The van der Waals surface area contributed by atoms with Crippen LogP contribution in [-0.2, 0) is 19.6 Å². The number of sulfonamides is 1. The van der Waals surface area contributed by atoms with Crippen molar-refractivity contribution >= 4 is 84.3 Å². The van der Waals surface area contributed by atoms with Gasteiger partial charge in [0.15, 0.2) is 0 Å². The van der Waals surface area contributed by atoms with Crippen LogP contribution in [0, 0.1) is 12.7 Å². The summed E-state index contributed by atoms with van der Waals surface area (Å²) < 4.78 is 43.5. The molecule has 1 saturated heterocycles. The first-order valence-electron chi connectivity index (χ1n) is 18.6. The zero-order valence-corrected chi connectivity index (χ0v) is 33.8. The highest BCUT2D eigenvalue weighted by atomic mass is 79.9. The number of benzene rings is 3. The molecule has 5 amide bonds. The van der Waals surface area contributed by atoms with Crippen molar-refractivity contribution in [1.29, 1.82) is 0 Å². The number of primary amides is 1. The molecule has 0 saturated carbocycles. The minimum absolute atomic E-state index is 0.0533. The van der Waals surface area contributed by atoms with Crippen molar-refractivity contribution in [3.8, 4) is 0 Å². The normalized spacial score (nSPS) is 15.3. The Labute approximate surface area is 342 Å². The van der Waals surface area contributed by atoms with Gasteiger partial charge in [0.25, 0.3) is 17.7 Å². The van der Waals surface area contributed by atoms with Crippen LogP contribution in [0.15, 0.2) is 70.2 Å². The number of hydrogen-bond donors (Lipinski definition) is 6. The van der Waals surface area contributed by atoms with Gasteiger partial charge in [0.05, 0.1) is 31.7 Å². The fourth-order valence-corrected chi connectivity index (χ4v) is 8.17. The van der Waals surface area contributed by atoms with Crippen LogP contribution in [-0.4, -0.2) is 72.0 Å². The van der Waals surface area contributed by atoms with Crippen molar-refractivity contribution in [3.05, 3.63) is 93.3 Å². The molecule has 3 aromatic carbocycles. The maximum absolute atomic E-state index is 14.3. The van der Waals surface area contributed by atoms with Crippen LogP contribution in [0.2, 0.25) is 0 Å². The molecule has 2 aliphatic rings. The molecule has 304 valence electrons. The number of anilines is 5. The summed E-state index contributed by atoms with van der Waals surface area (Å²) in [5.74, 6) is -3.52. The van der Waals surface area contributed by atoms with Crippen LogP contribution in [0.4, 0.5) is 33.2 Å². The lowest BCUT2D eigenvalue weighted by Gasteiger charge is -2.27. The molecule has 3 heterocycles. The van der Waals surface area contributed by atoms with Crippen LogP contribution in [0.25, 0.3) is 0 Å². The van der Waals surface area contributed by atoms with E-state index >= 15 is 0 Å². The van der Waals surface area contributed by atoms with E-state index in [4.69, 9.17) is 5.73 Å². The molecule has 1 atom stereocenters. The summed E-state index contributed by atoms with van der Waals surface area (Å²) in [5, 5.41) is 11.4. The summed E-state index contributed by atoms with van der Waals surface area (Å²) in [7, 11) is -3.78. The number of rotatable bonds is 18. The van der Waals surface area contributed by atoms with Crippen LogP contribution in [0.1, 0.15) is 88.0 Å². The number of carbonyl (C=O) groups is 5. The number of nitrogens with zero attached hydrogens (tertiary/aromatic N) is 3. The van der Waals surface area contributed by atoms with Gasteiger partial charge in [-0.15, -0.1) is 0 Å². The van der Waals surface area contributed by atoms with Gasteiger partial charge in [0.1, 0.15) is 17.7 Å². The topological polar surface area (TPSA) is 235 Å². The molecule has 6 rings (SSSR count). The molecular weight excluding hydrogens is 837 g/mol. The predicted octanol–water partition coefficient (Wildman–Crippen LogP) is 5.40. The number of aryl methyl sites for hydroxylation is 1. The number of carbonyl (C=O) groups excluding carboxylic acids is 5. The van der Waals surface area contributed by atoms with E-state index in [0.717, 1.165) is 43.1 Å². The van der Waals surface area contributed by atoms with Gasteiger partial charge in [-0.1, -0.05) is 37.8 Å². The number of aromatic nitrogens is 2. The van der Waals surface area contributed by atoms with E-state index in [9.17, 15) is 36.8 Å². The Bertz CT molecular complexity index is 2400. The second-order valence-electron chi connectivity index (χ2n) is 13.8. The summed E-state index contributed by atoms with van der Waals surface area (Å²) in [5.41, 5.74) is 7.31. The van der Waals surface area contributed by atoms with Gasteiger partial charge in [-0.3, -0.25) is 34.2 Å². The lowest BCUT2D eigenvalue weighted by Crippen LogP contribution is -2.54. The molecule has 0 aliphatic carbocycles. The van der Waals surface area contributed by atoms with Crippen LogP contribution < -0.4 is 31.7 Å². The van der Waals surface area contributed by atoms with Gasteiger partial charge >= 0.3 is 0 Å². The monoisotopic (exact) mass is 877 g/mol. The Hall–Kier alpha value is -5.79. The van der Waals surface area contributed by atoms with Crippen molar-refractivity contribution in [2.75, 3.05) is 29.0 Å². The molecule has 0 spiro atoms. The molecule has 2 aliphatic heterocycles. The Morgan fingerprint density at radius 2 is 1.64 bits per heavy atom. The maximum Gasteiger partial charge on any atom is 0.264 e. The van der Waals surface area contributed by atoms with Gasteiger partial charge in [-0.2, -0.15) is 4.98 Å². The molecule has 58 heavy (non-hydrogen) atoms. The first-order valence-corrected chi connectivity index (χ1v) is 20.9. The quantitative estimate of drug-likeness (QED) is 0.0545. The summed E-state index contributed by atoms with van der Waals surface area (Å²) >= 11 is 3.34. The Morgan fingerprint density at radius 3 is 2.36 bits per heavy atom. The number of halogens is 2. The number of fused-ring (bicyclic) bond motifs is 1. The molecule has 1 fully saturated rings. The first-order chi connectivity index (χ1) is 27.7. The lowest BCUT2D eigenvalue weighted by molar-refractivity contribution is -0.136. The molecule has 0 radical (unpaired) electrons. The van der Waals surface area contributed by atoms with Crippen molar-refractivity contribution in [2.45, 2.75) is 69.2 Å². The van der Waals surface area contributed by atoms with E-state index in [2.05, 4.69) is 51.9 Å². The second kappa shape index (κ2) is 18.2. The number of unbranched alkanes of at least 4 members (excludes halogenated alkanes) is 5. The SMILES string of the molecule is Cc1cc(S(=O)(=O)NCCCCCCCCNc2cccc3c2C(=O)N(C2CCC(=O)NC2=O)C3=O)ccc1Nc1ncc(Br)c(Nc2cccc(F)c2C(N)=O)n1. The number of amides is 5. The molecule has 16 nitrogen and oxygen atoms in total. The van der Waals surface area contributed by atoms with E-state index in [-0.39, 0.29) is 58.4 Å². The summed E-state index contributed by atoms with van der Waals surface area (Å²) in [6.07, 6.45) is 6.61. The Balaban J connectivity index is 0.914. The number of piperidine rings is 1. The highest BCUT2D eigenvalue weighted by molar-refractivity contribution is 9.10. The standard InChI is InChI=1S/C39H41BrFN9O7S/c1-22-20-23(14-15-27(22)47-39-44-21-25(40)35(49-39)46-29-13-9-11-26(41)33(29)34(42)52)58(56,57)45-19-7-5-3-2-4-6-18-43-28-12-8-10-24-32(28)38(55)50(37(24)54)30-16-17-31(51)48-36(30)53/h8-15,20-21,30,43,45H,2-7,16-19H2,1H3,(H2,42,52)(H,48,51,53)(H2,44,46,47,49). The van der Waals surface area contributed by atoms with E-state index < -0.39 is 51.4 Å². The molecule has 19 heteroatoms. The third-order valence-corrected chi connectivity index (χ3v) is 11.7. The zero-order chi connectivity index (χ0) is 41.6. The largest absolute Gasteiger partial charge is 0.384 e. The number of nitrogens with one attached hydrogen (secondary N) is 5. The van der Waals surface area contributed by atoms with Crippen LogP contribution in [0.5, 0.6) is 0 Å². The zero-order valence-electron chi connectivity index (χ0n) is 31.4. The third-order valence-electron chi connectivity index (χ3n) is 9.69. The molecular formula is C39H41BrFN9O7S. The predicted molar refractivity (Wildman–Crippen MR) is 217 cm³/mol. The van der Waals surface area contributed by atoms with Crippen LogP contribution >= 0.6 is 15.9 Å². The molecule has 7 N–H and O–H groups in total. The van der Waals surface area contributed by atoms with Crippen molar-refractivity contribution < 1.29 is 36.8 Å². The van der Waals surface area contributed by atoms with Gasteiger partial charge in [0.2, 0.25) is 27.8 Å². The maximum atomic E-state index is 14.3. The van der Waals surface area contributed by atoms with Gasteiger partial charge in [-0.05, 0) is 90.1 Å². The minimum Gasteiger partial charge on any atom is -0.384 e. The first kappa shape index (κ1) is 41.8. The van der Waals surface area contributed by atoms with Crippen molar-refractivity contribution in [1.82, 2.24) is 24.9 Å². The van der Waals surface area contributed by atoms with Crippen LogP contribution in [0.3, 0.4) is 0 Å². The van der Waals surface area contributed by atoms with E-state index in [0.29, 0.717) is 34.4 Å². The smallest absolute Gasteiger partial charge is 0.264 e. The minimum atomic E-state index is -3.78. The molecule has 1 unspecified atom stereocenters. The number of imide groups is 2. The highest BCUT2D eigenvalue weighted by Gasteiger charge is 2.45. The summed E-state index contributed by atoms with van der Waals surface area (Å²) in [6, 6.07) is 12.6. The number of nitrogens with two attached hydrogens (primary N) is 1. The fourth-order valence-electron chi connectivity index (χ4n) is 6.72. The second-order valence-corrected chi connectivity index (χ2v) is 16.4. The summed E-state index contributed by atoms with van der Waals surface area (Å²) in [6.45, 7) is 2.58. The summed E-state index contributed by atoms with van der Waals surface area (Å²) in [4.78, 5) is 71.8. The Morgan fingerprint density at radius 1 is 0.931 bits per heavy atom. The molecule has 1 aromatic heterocycles. The van der Waals surface area contributed by atoms with Gasteiger partial charge in [-0.25, -0.2) is 22.5 Å². The fraction of sp³-hybridized carbons (Fsp3) is 0.308. The average Bonchev–Trinajstić information content (AvgIpc) is 3.43. The van der Waals surface area contributed by atoms with Gasteiger partial charge in [0, 0.05) is 37.1 Å². The van der Waals surface area contributed by atoms with Gasteiger partial charge < -0.3 is 21.7 Å².